The highest BCUT2D eigenvalue weighted by atomic mass is 35.5. The molecule has 0 radical (unpaired) electrons. The number of rotatable bonds is 2. The number of hydrogen-bond donors (Lipinski definition) is 1. The van der Waals surface area contributed by atoms with Crippen molar-refractivity contribution in [3.05, 3.63) is 69.5 Å². The van der Waals surface area contributed by atoms with Gasteiger partial charge in [0.2, 0.25) is 0 Å². The predicted molar refractivity (Wildman–Crippen MR) is 66.9 cm³/mol. The van der Waals surface area contributed by atoms with E-state index in [9.17, 15) is 9.50 Å². The van der Waals surface area contributed by atoms with Crippen molar-refractivity contribution in [1.82, 2.24) is 0 Å². The van der Waals surface area contributed by atoms with Crippen LogP contribution in [0, 0.1) is 5.82 Å². The van der Waals surface area contributed by atoms with Crippen LogP contribution in [-0.4, -0.2) is 5.11 Å². The molecule has 0 saturated heterocycles. The molecule has 0 spiro atoms. The minimum absolute atomic E-state index is 0.395. The van der Waals surface area contributed by atoms with E-state index in [0.29, 0.717) is 21.2 Å². The Hall–Kier alpha value is -1.09. The molecule has 0 bridgehead atoms. The molecule has 2 aromatic carbocycles. The summed E-state index contributed by atoms with van der Waals surface area (Å²) >= 11 is 11.8. The van der Waals surface area contributed by atoms with Crippen molar-refractivity contribution in [2.75, 3.05) is 0 Å². The van der Waals surface area contributed by atoms with Crippen LogP contribution in [0.3, 0.4) is 0 Å². The molecule has 0 amide bonds. The minimum atomic E-state index is -0.989. The van der Waals surface area contributed by atoms with Crippen molar-refractivity contribution in [2.24, 2.45) is 0 Å². The summed E-state index contributed by atoms with van der Waals surface area (Å²) < 4.78 is 13.1. The van der Waals surface area contributed by atoms with E-state index in [1.165, 1.54) is 18.2 Å². The van der Waals surface area contributed by atoms with Gasteiger partial charge in [0.15, 0.2) is 0 Å². The fourth-order valence-electron chi connectivity index (χ4n) is 1.58. The van der Waals surface area contributed by atoms with Gasteiger partial charge in [0.1, 0.15) is 11.9 Å². The first-order chi connectivity index (χ1) is 8.08. The number of aliphatic hydroxyl groups excluding tert-OH is 1. The summed E-state index contributed by atoms with van der Waals surface area (Å²) in [6.45, 7) is 0. The Morgan fingerprint density at radius 1 is 1.06 bits per heavy atom. The molecule has 88 valence electrons. The number of hydrogen-bond acceptors (Lipinski definition) is 1. The number of aliphatic hydroxyl groups is 1. The Kier molecular flexibility index (Phi) is 3.67. The van der Waals surface area contributed by atoms with E-state index < -0.39 is 11.9 Å². The van der Waals surface area contributed by atoms with Crippen molar-refractivity contribution in [3.8, 4) is 0 Å². The summed E-state index contributed by atoms with van der Waals surface area (Å²) in [5.41, 5.74) is 0.902. The quantitative estimate of drug-likeness (QED) is 0.867. The van der Waals surface area contributed by atoms with Gasteiger partial charge in [0.05, 0.1) is 0 Å². The zero-order valence-corrected chi connectivity index (χ0v) is 10.2. The fourth-order valence-corrected chi connectivity index (χ4v) is 1.98. The lowest BCUT2D eigenvalue weighted by Gasteiger charge is -2.13. The molecule has 1 N–H and O–H groups in total. The van der Waals surface area contributed by atoms with Crippen molar-refractivity contribution in [2.45, 2.75) is 6.10 Å². The van der Waals surface area contributed by atoms with Crippen LogP contribution in [0.1, 0.15) is 17.2 Å². The van der Waals surface area contributed by atoms with Gasteiger partial charge < -0.3 is 5.11 Å². The summed E-state index contributed by atoms with van der Waals surface area (Å²) in [4.78, 5) is 0. The smallest absolute Gasteiger partial charge is 0.123 e. The lowest BCUT2D eigenvalue weighted by atomic mass is 10.0. The molecule has 0 fully saturated rings. The first-order valence-electron chi connectivity index (χ1n) is 4.96. The first kappa shape index (κ1) is 12.4. The lowest BCUT2D eigenvalue weighted by Crippen LogP contribution is -2.01. The van der Waals surface area contributed by atoms with Crippen LogP contribution in [0.2, 0.25) is 10.0 Å². The van der Waals surface area contributed by atoms with Crippen molar-refractivity contribution in [1.29, 1.82) is 0 Å². The molecule has 0 aromatic heterocycles. The highest BCUT2D eigenvalue weighted by Crippen LogP contribution is 2.30. The van der Waals surface area contributed by atoms with E-state index >= 15 is 0 Å². The van der Waals surface area contributed by atoms with Gasteiger partial charge in [-0.3, -0.25) is 0 Å². The van der Waals surface area contributed by atoms with Gasteiger partial charge in [-0.05, 0) is 35.9 Å². The summed E-state index contributed by atoms with van der Waals surface area (Å²) in [5.74, 6) is -0.403. The summed E-state index contributed by atoms with van der Waals surface area (Å²) in [5, 5.41) is 11.0. The van der Waals surface area contributed by atoms with Crippen LogP contribution in [0.4, 0.5) is 4.39 Å². The maximum absolute atomic E-state index is 13.1. The van der Waals surface area contributed by atoms with E-state index in [4.69, 9.17) is 23.2 Å². The van der Waals surface area contributed by atoms with Crippen molar-refractivity contribution >= 4 is 23.2 Å². The molecule has 4 heteroatoms. The van der Waals surface area contributed by atoms with E-state index in [0.717, 1.165) is 0 Å². The average Bonchev–Trinajstić information content (AvgIpc) is 2.31. The Labute approximate surface area is 108 Å². The maximum atomic E-state index is 13.1. The van der Waals surface area contributed by atoms with E-state index in [1.54, 1.807) is 24.3 Å². The van der Waals surface area contributed by atoms with Gasteiger partial charge in [-0.15, -0.1) is 0 Å². The van der Waals surface area contributed by atoms with E-state index in [2.05, 4.69) is 0 Å². The van der Waals surface area contributed by atoms with Crippen LogP contribution in [-0.2, 0) is 0 Å². The zero-order valence-electron chi connectivity index (χ0n) is 8.70. The summed E-state index contributed by atoms with van der Waals surface area (Å²) in [6, 6.07) is 10.5. The molecule has 2 aromatic rings. The third kappa shape index (κ3) is 2.78. The Morgan fingerprint density at radius 2 is 1.82 bits per heavy atom. The van der Waals surface area contributed by atoms with Gasteiger partial charge in [-0.25, -0.2) is 4.39 Å². The predicted octanol–water partition coefficient (Wildman–Crippen LogP) is 4.21. The van der Waals surface area contributed by atoms with Crippen LogP contribution in [0.5, 0.6) is 0 Å². The van der Waals surface area contributed by atoms with Crippen LogP contribution in [0.25, 0.3) is 0 Å². The van der Waals surface area contributed by atoms with Gasteiger partial charge in [-0.1, -0.05) is 35.3 Å². The molecule has 2 rings (SSSR count). The van der Waals surface area contributed by atoms with Crippen molar-refractivity contribution in [3.63, 3.8) is 0 Å². The molecule has 17 heavy (non-hydrogen) atoms. The molecule has 0 heterocycles. The largest absolute Gasteiger partial charge is 0.384 e. The molecule has 1 atom stereocenters. The topological polar surface area (TPSA) is 20.2 Å². The van der Waals surface area contributed by atoms with E-state index in [1.807, 2.05) is 0 Å². The molecule has 0 aliphatic rings. The summed E-state index contributed by atoms with van der Waals surface area (Å²) in [6.07, 6.45) is -0.989. The Bertz CT molecular complexity index is 543. The average molecular weight is 271 g/mol. The minimum Gasteiger partial charge on any atom is -0.384 e. The van der Waals surface area contributed by atoms with Gasteiger partial charge in [0.25, 0.3) is 0 Å². The zero-order chi connectivity index (χ0) is 12.4. The van der Waals surface area contributed by atoms with Crippen LogP contribution in [0.15, 0.2) is 42.5 Å². The highest BCUT2D eigenvalue weighted by molar-refractivity contribution is 6.33. The molecule has 0 aliphatic carbocycles. The second kappa shape index (κ2) is 5.05. The maximum Gasteiger partial charge on any atom is 0.123 e. The lowest BCUT2D eigenvalue weighted by molar-refractivity contribution is 0.220. The summed E-state index contributed by atoms with van der Waals surface area (Å²) in [7, 11) is 0. The standard InChI is InChI=1S/C13H9Cl2FO/c14-9-4-5-12(15)11(7-9)13(17)8-2-1-3-10(16)6-8/h1-7,13,17H. The molecule has 1 nitrogen and oxygen atoms in total. The number of halogens is 3. The Morgan fingerprint density at radius 3 is 2.53 bits per heavy atom. The molecule has 0 aliphatic heterocycles. The molecular weight excluding hydrogens is 262 g/mol. The van der Waals surface area contributed by atoms with E-state index in [-0.39, 0.29) is 0 Å². The number of benzene rings is 2. The Balaban J connectivity index is 2.43. The molecular formula is C13H9Cl2FO. The molecule has 0 saturated carbocycles. The normalized spacial score (nSPS) is 12.5. The second-order valence-corrected chi connectivity index (χ2v) is 4.47. The SMILES string of the molecule is OC(c1cccc(F)c1)c1cc(Cl)ccc1Cl. The molecule has 1 unspecified atom stereocenters. The fraction of sp³-hybridized carbons (Fsp3) is 0.0769. The third-order valence-corrected chi connectivity index (χ3v) is 3.00. The monoisotopic (exact) mass is 270 g/mol. The first-order valence-corrected chi connectivity index (χ1v) is 5.72. The van der Waals surface area contributed by atoms with Gasteiger partial charge >= 0.3 is 0 Å². The second-order valence-electron chi connectivity index (χ2n) is 3.62. The van der Waals surface area contributed by atoms with Gasteiger partial charge in [0, 0.05) is 15.6 Å². The van der Waals surface area contributed by atoms with Crippen LogP contribution < -0.4 is 0 Å². The van der Waals surface area contributed by atoms with Crippen molar-refractivity contribution < 1.29 is 9.50 Å². The van der Waals surface area contributed by atoms with Crippen LogP contribution >= 0.6 is 23.2 Å². The highest BCUT2D eigenvalue weighted by Gasteiger charge is 2.14. The van der Waals surface area contributed by atoms with Gasteiger partial charge in [-0.2, -0.15) is 0 Å². The third-order valence-electron chi connectivity index (χ3n) is 2.42.